The Bertz CT molecular complexity index is 457. The standard InChI is InChI=1S/2C10H17NO.C2H6/c1-9-5-7-11(8-9)6-3-4-10(2)12;1-9(12)6-7-10-5-3-4-8-11(10)2;1-2/h3-4,9H,5-8H2,1-2H3;6-7,10H,3-5,8H2,1-2H3;1-2H3/b4-3+;7-6+;/t9-;;/m0../s1. The van der Waals surface area contributed by atoms with Crippen LogP contribution in [0.3, 0.4) is 0 Å². The number of carbonyl (C=O) groups is 2. The van der Waals surface area contributed by atoms with Gasteiger partial charge in [-0.3, -0.25) is 19.4 Å². The summed E-state index contributed by atoms with van der Waals surface area (Å²) in [6.07, 6.45) is 12.4. The van der Waals surface area contributed by atoms with E-state index in [4.69, 9.17) is 0 Å². The van der Waals surface area contributed by atoms with E-state index < -0.39 is 0 Å². The minimum absolute atomic E-state index is 0.141. The molecule has 2 aliphatic rings. The molecule has 2 fully saturated rings. The van der Waals surface area contributed by atoms with E-state index >= 15 is 0 Å². The van der Waals surface area contributed by atoms with Crippen LogP contribution < -0.4 is 0 Å². The summed E-state index contributed by atoms with van der Waals surface area (Å²) in [5, 5.41) is 0. The van der Waals surface area contributed by atoms with Gasteiger partial charge in [-0.1, -0.05) is 39.3 Å². The summed E-state index contributed by atoms with van der Waals surface area (Å²) in [7, 11) is 2.12. The lowest BCUT2D eigenvalue weighted by atomic mass is 10.0. The van der Waals surface area contributed by atoms with E-state index in [-0.39, 0.29) is 11.6 Å². The monoisotopic (exact) mass is 364 g/mol. The van der Waals surface area contributed by atoms with E-state index in [9.17, 15) is 9.59 Å². The maximum atomic E-state index is 10.7. The molecule has 26 heavy (non-hydrogen) atoms. The van der Waals surface area contributed by atoms with Gasteiger partial charge in [0.25, 0.3) is 0 Å². The van der Waals surface area contributed by atoms with Crippen molar-refractivity contribution in [2.24, 2.45) is 5.92 Å². The fraction of sp³-hybridized carbons (Fsp3) is 0.727. The third-order valence-corrected chi connectivity index (χ3v) is 4.60. The molecule has 0 aromatic heterocycles. The Hall–Kier alpha value is -1.26. The molecule has 0 bridgehead atoms. The van der Waals surface area contributed by atoms with Crippen LogP contribution in [0.25, 0.3) is 0 Å². The molecule has 150 valence electrons. The van der Waals surface area contributed by atoms with Gasteiger partial charge in [0.1, 0.15) is 0 Å². The van der Waals surface area contributed by atoms with Crippen LogP contribution in [0.4, 0.5) is 0 Å². The molecular weight excluding hydrogens is 324 g/mol. The van der Waals surface area contributed by atoms with E-state index in [1.165, 1.54) is 38.8 Å². The number of hydrogen-bond donors (Lipinski definition) is 0. The Morgan fingerprint density at radius 1 is 1.00 bits per heavy atom. The number of likely N-dealkylation sites (tertiary alicyclic amines) is 2. The molecule has 2 rings (SSSR count). The molecule has 0 N–H and O–H groups in total. The Labute approximate surface area is 161 Å². The van der Waals surface area contributed by atoms with Gasteiger partial charge in [0.05, 0.1) is 0 Å². The highest BCUT2D eigenvalue weighted by molar-refractivity contribution is 5.87. The Morgan fingerprint density at radius 2 is 1.65 bits per heavy atom. The second-order valence-electron chi connectivity index (χ2n) is 7.18. The zero-order valence-corrected chi connectivity index (χ0v) is 17.8. The minimum atomic E-state index is 0.141. The van der Waals surface area contributed by atoms with E-state index in [0.29, 0.717) is 6.04 Å². The van der Waals surface area contributed by atoms with Crippen LogP contribution >= 0.6 is 0 Å². The molecule has 4 heteroatoms. The second-order valence-corrected chi connectivity index (χ2v) is 7.18. The van der Waals surface area contributed by atoms with Crippen molar-refractivity contribution in [3.05, 3.63) is 24.3 Å². The van der Waals surface area contributed by atoms with Crippen molar-refractivity contribution in [2.45, 2.75) is 66.3 Å². The fourth-order valence-corrected chi connectivity index (χ4v) is 3.15. The molecule has 0 radical (unpaired) electrons. The van der Waals surface area contributed by atoms with Crippen LogP contribution in [-0.4, -0.2) is 60.6 Å². The molecule has 0 aromatic carbocycles. The number of piperidine rings is 1. The molecule has 0 aromatic rings. The normalized spacial score (nSPS) is 24.1. The quantitative estimate of drug-likeness (QED) is 0.688. The van der Waals surface area contributed by atoms with Crippen molar-refractivity contribution < 1.29 is 9.59 Å². The first-order valence-corrected chi connectivity index (χ1v) is 10.2. The highest BCUT2D eigenvalue weighted by atomic mass is 16.1. The minimum Gasteiger partial charge on any atom is -0.300 e. The summed E-state index contributed by atoms with van der Waals surface area (Å²) in [4.78, 5) is 26.0. The molecule has 0 saturated carbocycles. The van der Waals surface area contributed by atoms with Gasteiger partial charge in [0, 0.05) is 19.1 Å². The van der Waals surface area contributed by atoms with Crippen molar-refractivity contribution in [1.29, 1.82) is 0 Å². The number of likely N-dealkylation sites (N-methyl/N-ethyl adjacent to an activating group) is 1. The molecule has 0 spiro atoms. The highest BCUT2D eigenvalue weighted by Crippen LogP contribution is 2.15. The molecule has 2 atom stereocenters. The second kappa shape index (κ2) is 14.9. The maximum Gasteiger partial charge on any atom is 0.152 e. The van der Waals surface area contributed by atoms with Gasteiger partial charge in [-0.15, -0.1) is 0 Å². The van der Waals surface area contributed by atoms with Gasteiger partial charge in [0.2, 0.25) is 0 Å². The third kappa shape index (κ3) is 12.2. The molecular formula is C22H40N2O2. The van der Waals surface area contributed by atoms with Crippen LogP contribution in [0.5, 0.6) is 0 Å². The molecule has 0 amide bonds. The summed E-state index contributed by atoms with van der Waals surface area (Å²) in [5.41, 5.74) is 0. The van der Waals surface area contributed by atoms with Gasteiger partial charge in [-0.25, -0.2) is 0 Å². The number of allylic oxidation sites excluding steroid dienone is 2. The van der Waals surface area contributed by atoms with Gasteiger partial charge >= 0.3 is 0 Å². The van der Waals surface area contributed by atoms with Gasteiger partial charge < -0.3 is 0 Å². The largest absolute Gasteiger partial charge is 0.300 e. The van der Waals surface area contributed by atoms with E-state index in [1.54, 1.807) is 26.0 Å². The molecule has 1 unspecified atom stereocenters. The fourth-order valence-electron chi connectivity index (χ4n) is 3.15. The first-order valence-electron chi connectivity index (χ1n) is 10.2. The zero-order chi connectivity index (χ0) is 19.9. The maximum absolute atomic E-state index is 10.7. The van der Waals surface area contributed by atoms with Gasteiger partial charge in [-0.2, -0.15) is 0 Å². The molecule has 0 aliphatic carbocycles. The Morgan fingerprint density at radius 3 is 2.15 bits per heavy atom. The average Bonchev–Trinajstić information content (AvgIpc) is 3.01. The summed E-state index contributed by atoms with van der Waals surface area (Å²) >= 11 is 0. The summed E-state index contributed by atoms with van der Waals surface area (Å²) in [6, 6.07) is 0.489. The number of ketones is 2. The first kappa shape index (κ1) is 24.7. The topological polar surface area (TPSA) is 40.6 Å². The van der Waals surface area contributed by atoms with Crippen molar-refractivity contribution in [3.8, 4) is 0 Å². The predicted molar refractivity (Wildman–Crippen MR) is 111 cm³/mol. The van der Waals surface area contributed by atoms with E-state index in [0.717, 1.165) is 19.0 Å². The van der Waals surface area contributed by atoms with E-state index in [1.807, 2.05) is 26.0 Å². The van der Waals surface area contributed by atoms with Crippen LogP contribution in [0.1, 0.15) is 60.3 Å². The predicted octanol–water partition coefficient (Wildman–Crippen LogP) is 4.12. The molecule has 2 heterocycles. The van der Waals surface area contributed by atoms with Gasteiger partial charge in [0.15, 0.2) is 11.6 Å². The smallest absolute Gasteiger partial charge is 0.152 e. The van der Waals surface area contributed by atoms with Crippen LogP contribution in [0, 0.1) is 5.92 Å². The molecule has 2 aliphatic heterocycles. The van der Waals surface area contributed by atoms with Crippen LogP contribution in [0.2, 0.25) is 0 Å². The zero-order valence-electron chi connectivity index (χ0n) is 17.8. The van der Waals surface area contributed by atoms with Gasteiger partial charge in [-0.05, 0) is 71.3 Å². The number of carbonyl (C=O) groups excluding carboxylic acids is 2. The average molecular weight is 365 g/mol. The molecule has 4 nitrogen and oxygen atoms in total. The lowest BCUT2D eigenvalue weighted by Gasteiger charge is -2.29. The van der Waals surface area contributed by atoms with Crippen LogP contribution in [-0.2, 0) is 9.59 Å². The van der Waals surface area contributed by atoms with Crippen molar-refractivity contribution >= 4 is 11.6 Å². The number of hydrogen-bond acceptors (Lipinski definition) is 4. The number of rotatable bonds is 5. The lowest BCUT2D eigenvalue weighted by Crippen LogP contribution is -2.34. The number of nitrogens with zero attached hydrogens (tertiary/aromatic N) is 2. The van der Waals surface area contributed by atoms with Crippen molar-refractivity contribution in [2.75, 3.05) is 33.2 Å². The molecule has 2 saturated heterocycles. The lowest BCUT2D eigenvalue weighted by molar-refractivity contribution is -0.113. The summed E-state index contributed by atoms with van der Waals surface area (Å²) < 4.78 is 0. The van der Waals surface area contributed by atoms with E-state index in [2.05, 4.69) is 23.8 Å². The highest BCUT2D eigenvalue weighted by Gasteiger charge is 2.16. The third-order valence-electron chi connectivity index (χ3n) is 4.60. The van der Waals surface area contributed by atoms with Crippen molar-refractivity contribution in [3.63, 3.8) is 0 Å². The van der Waals surface area contributed by atoms with Crippen LogP contribution in [0.15, 0.2) is 24.3 Å². The Balaban J connectivity index is 0.000000439. The van der Waals surface area contributed by atoms with Crippen molar-refractivity contribution in [1.82, 2.24) is 9.80 Å². The summed E-state index contributed by atoms with van der Waals surface area (Å²) in [6.45, 7) is 13.9. The first-order chi connectivity index (χ1) is 12.4. The SMILES string of the molecule is CC.CC(=O)/C=C/C1CCCCN1C.CC(=O)/C=C/CN1CC[C@H](C)C1. The Kier molecular flexibility index (Phi) is 14.1. The summed E-state index contributed by atoms with van der Waals surface area (Å²) in [5.74, 6) is 1.12.